The second kappa shape index (κ2) is 7.50. The average Bonchev–Trinajstić information content (AvgIpc) is 2.90. The molecule has 1 aliphatic rings. The number of hydrogen-bond donors (Lipinski definition) is 2. The third kappa shape index (κ3) is 4.01. The summed E-state index contributed by atoms with van der Waals surface area (Å²) in [7, 11) is 0. The molecule has 0 spiro atoms. The van der Waals surface area contributed by atoms with Gasteiger partial charge in [-0.25, -0.2) is 4.39 Å². The molecule has 0 radical (unpaired) electrons. The van der Waals surface area contributed by atoms with Gasteiger partial charge in [-0.2, -0.15) is 0 Å². The topological polar surface area (TPSA) is 35.5 Å². The van der Waals surface area contributed by atoms with Gasteiger partial charge in [0.25, 0.3) is 0 Å². The molecule has 0 aromatic heterocycles. The van der Waals surface area contributed by atoms with Gasteiger partial charge in [0.15, 0.2) is 0 Å². The SMILES string of the molecule is CC(c1ccc(F)cc1Br)N(CCO)CC1CCCN1. The number of hydrogen-bond acceptors (Lipinski definition) is 3. The van der Waals surface area contributed by atoms with E-state index in [0.29, 0.717) is 12.6 Å². The van der Waals surface area contributed by atoms with E-state index in [2.05, 4.69) is 33.1 Å². The van der Waals surface area contributed by atoms with Crippen molar-refractivity contribution in [3.8, 4) is 0 Å². The number of aliphatic hydroxyl groups is 1. The summed E-state index contributed by atoms with van der Waals surface area (Å²) in [6, 6.07) is 5.43. The van der Waals surface area contributed by atoms with E-state index < -0.39 is 0 Å². The average molecular weight is 345 g/mol. The van der Waals surface area contributed by atoms with E-state index in [1.54, 1.807) is 0 Å². The van der Waals surface area contributed by atoms with Crippen molar-refractivity contribution in [1.29, 1.82) is 0 Å². The molecule has 1 fully saturated rings. The van der Waals surface area contributed by atoms with Crippen molar-refractivity contribution >= 4 is 15.9 Å². The van der Waals surface area contributed by atoms with E-state index in [-0.39, 0.29) is 18.5 Å². The van der Waals surface area contributed by atoms with Crippen LogP contribution in [0.3, 0.4) is 0 Å². The zero-order valence-electron chi connectivity index (χ0n) is 11.8. The summed E-state index contributed by atoms with van der Waals surface area (Å²) < 4.78 is 14.0. The molecule has 1 saturated heterocycles. The fraction of sp³-hybridized carbons (Fsp3) is 0.600. The van der Waals surface area contributed by atoms with Gasteiger partial charge in [0.2, 0.25) is 0 Å². The van der Waals surface area contributed by atoms with Gasteiger partial charge in [-0.05, 0) is 44.0 Å². The van der Waals surface area contributed by atoms with Gasteiger partial charge >= 0.3 is 0 Å². The first-order valence-electron chi connectivity index (χ1n) is 7.15. The van der Waals surface area contributed by atoms with Crippen molar-refractivity contribution in [3.63, 3.8) is 0 Å². The van der Waals surface area contributed by atoms with Crippen molar-refractivity contribution in [2.75, 3.05) is 26.2 Å². The van der Waals surface area contributed by atoms with Crippen molar-refractivity contribution in [1.82, 2.24) is 10.2 Å². The number of nitrogens with one attached hydrogen (secondary N) is 1. The molecule has 2 atom stereocenters. The number of nitrogens with zero attached hydrogens (tertiary/aromatic N) is 1. The first-order valence-corrected chi connectivity index (χ1v) is 7.94. The lowest BCUT2D eigenvalue weighted by molar-refractivity contribution is 0.147. The molecule has 1 heterocycles. The maximum absolute atomic E-state index is 13.2. The standard InChI is InChI=1S/C15H22BrFN2O/c1-11(14-5-4-12(17)9-15(14)16)19(7-8-20)10-13-3-2-6-18-13/h4-5,9,11,13,18,20H,2-3,6-8,10H2,1H3. The largest absolute Gasteiger partial charge is 0.395 e. The van der Waals surface area contributed by atoms with Crippen LogP contribution in [-0.2, 0) is 0 Å². The van der Waals surface area contributed by atoms with Crippen LogP contribution in [0.15, 0.2) is 22.7 Å². The lowest BCUT2D eigenvalue weighted by Gasteiger charge is -2.31. The highest BCUT2D eigenvalue weighted by molar-refractivity contribution is 9.10. The van der Waals surface area contributed by atoms with Crippen molar-refractivity contribution in [2.45, 2.75) is 31.8 Å². The van der Waals surface area contributed by atoms with Crippen molar-refractivity contribution in [2.24, 2.45) is 0 Å². The Morgan fingerprint density at radius 2 is 2.35 bits per heavy atom. The van der Waals surface area contributed by atoms with Gasteiger partial charge < -0.3 is 10.4 Å². The Morgan fingerprint density at radius 3 is 2.95 bits per heavy atom. The highest BCUT2D eigenvalue weighted by atomic mass is 79.9. The summed E-state index contributed by atoms with van der Waals surface area (Å²) in [5.74, 6) is -0.237. The molecular weight excluding hydrogens is 323 g/mol. The number of benzene rings is 1. The molecule has 0 amide bonds. The zero-order chi connectivity index (χ0) is 14.5. The quantitative estimate of drug-likeness (QED) is 0.832. The Bertz CT molecular complexity index is 438. The Labute approximate surface area is 128 Å². The molecule has 1 aromatic carbocycles. The number of aliphatic hydroxyl groups excluding tert-OH is 1. The molecule has 0 saturated carbocycles. The van der Waals surface area contributed by atoms with Gasteiger partial charge in [0.05, 0.1) is 6.61 Å². The van der Waals surface area contributed by atoms with Gasteiger partial charge in [-0.3, -0.25) is 4.90 Å². The number of rotatable bonds is 6. The van der Waals surface area contributed by atoms with Crippen LogP contribution in [0.2, 0.25) is 0 Å². The minimum atomic E-state index is -0.237. The smallest absolute Gasteiger partial charge is 0.124 e. The van der Waals surface area contributed by atoms with Crippen LogP contribution in [0.1, 0.15) is 31.4 Å². The van der Waals surface area contributed by atoms with Gasteiger partial charge in [-0.15, -0.1) is 0 Å². The Morgan fingerprint density at radius 1 is 1.55 bits per heavy atom. The predicted octanol–water partition coefficient (Wildman–Crippen LogP) is 2.70. The summed E-state index contributed by atoms with van der Waals surface area (Å²) >= 11 is 3.44. The second-order valence-corrected chi connectivity index (χ2v) is 6.21. The number of halogens is 2. The highest BCUT2D eigenvalue weighted by Crippen LogP contribution is 2.28. The molecule has 112 valence electrons. The molecule has 2 rings (SSSR count). The van der Waals surface area contributed by atoms with Crippen LogP contribution in [0.25, 0.3) is 0 Å². The van der Waals surface area contributed by atoms with Crippen molar-refractivity contribution in [3.05, 3.63) is 34.1 Å². The minimum absolute atomic E-state index is 0.135. The van der Waals surface area contributed by atoms with Gasteiger partial charge in [-0.1, -0.05) is 22.0 Å². The lowest BCUT2D eigenvalue weighted by atomic mass is 10.1. The van der Waals surface area contributed by atoms with Gasteiger partial charge in [0.1, 0.15) is 5.82 Å². The van der Waals surface area contributed by atoms with Crippen LogP contribution in [0, 0.1) is 5.82 Å². The van der Waals surface area contributed by atoms with Crippen LogP contribution in [0.4, 0.5) is 4.39 Å². The molecule has 1 aliphatic heterocycles. The first-order chi connectivity index (χ1) is 9.61. The molecule has 3 nitrogen and oxygen atoms in total. The Balaban J connectivity index is 2.10. The monoisotopic (exact) mass is 344 g/mol. The summed E-state index contributed by atoms with van der Waals surface area (Å²) in [5.41, 5.74) is 1.05. The zero-order valence-corrected chi connectivity index (χ0v) is 13.4. The minimum Gasteiger partial charge on any atom is -0.395 e. The fourth-order valence-corrected chi connectivity index (χ4v) is 3.49. The van der Waals surface area contributed by atoms with E-state index >= 15 is 0 Å². The fourth-order valence-electron chi connectivity index (χ4n) is 2.80. The summed E-state index contributed by atoms with van der Waals surface area (Å²) in [6.45, 7) is 4.85. The molecule has 0 bridgehead atoms. The summed E-state index contributed by atoms with van der Waals surface area (Å²) in [6.07, 6.45) is 2.39. The maximum Gasteiger partial charge on any atom is 0.124 e. The van der Waals surface area contributed by atoms with Crippen LogP contribution >= 0.6 is 15.9 Å². The molecule has 20 heavy (non-hydrogen) atoms. The van der Waals surface area contributed by atoms with Crippen LogP contribution in [0.5, 0.6) is 0 Å². The maximum atomic E-state index is 13.2. The Kier molecular flexibility index (Phi) is 5.96. The predicted molar refractivity (Wildman–Crippen MR) is 82.2 cm³/mol. The third-order valence-electron chi connectivity index (χ3n) is 3.96. The van der Waals surface area contributed by atoms with E-state index in [0.717, 1.165) is 23.1 Å². The van der Waals surface area contributed by atoms with Crippen molar-refractivity contribution < 1.29 is 9.50 Å². The Hall–Kier alpha value is -0.490. The highest BCUT2D eigenvalue weighted by Gasteiger charge is 2.23. The van der Waals surface area contributed by atoms with Crippen LogP contribution < -0.4 is 5.32 Å². The normalized spacial score (nSPS) is 20.6. The third-order valence-corrected chi connectivity index (χ3v) is 4.65. The van der Waals surface area contributed by atoms with Gasteiger partial charge in [0, 0.05) is 29.6 Å². The molecule has 0 aliphatic carbocycles. The molecule has 1 aromatic rings. The second-order valence-electron chi connectivity index (χ2n) is 5.35. The lowest BCUT2D eigenvalue weighted by Crippen LogP contribution is -2.40. The van der Waals surface area contributed by atoms with E-state index in [1.165, 1.54) is 25.0 Å². The summed E-state index contributed by atoms with van der Waals surface area (Å²) in [4.78, 5) is 2.25. The van der Waals surface area contributed by atoms with E-state index in [1.807, 2.05) is 6.07 Å². The molecule has 2 N–H and O–H groups in total. The van der Waals surface area contributed by atoms with E-state index in [9.17, 15) is 9.50 Å². The summed E-state index contributed by atoms with van der Waals surface area (Å²) in [5, 5.41) is 12.8. The van der Waals surface area contributed by atoms with E-state index in [4.69, 9.17) is 0 Å². The first kappa shape index (κ1) is 15.9. The molecular formula is C15H22BrFN2O. The molecule has 5 heteroatoms. The van der Waals surface area contributed by atoms with Crippen LogP contribution in [-0.4, -0.2) is 42.3 Å². The molecule has 2 unspecified atom stereocenters.